The molecule has 3 rings (SSSR count). The minimum absolute atomic E-state index is 0.0283. The first-order valence-electron chi connectivity index (χ1n) is 8.14. The Bertz CT molecular complexity index is 716. The number of anilines is 1. The first-order valence-corrected chi connectivity index (χ1v) is 8.52. The van der Waals surface area contributed by atoms with Gasteiger partial charge in [0, 0.05) is 37.3 Å². The molecule has 1 aromatic carbocycles. The number of piperidine rings is 1. The van der Waals surface area contributed by atoms with Gasteiger partial charge >= 0.3 is 12.0 Å². The molecule has 8 heteroatoms. The van der Waals surface area contributed by atoms with Crippen LogP contribution in [0.25, 0.3) is 0 Å². The molecule has 25 heavy (non-hydrogen) atoms. The third-order valence-corrected chi connectivity index (χ3v) is 5.60. The lowest BCUT2D eigenvalue weighted by atomic mass is 9.77. The van der Waals surface area contributed by atoms with Crippen LogP contribution in [-0.2, 0) is 9.59 Å². The highest BCUT2D eigenvalue weighted by molar-refractivity contribution is 6.30. The molecular weight excluding hydrogens is 346 g/mol. The van der Waals surface area contributed by atoms with E-state index < -0.39 is 17.4 Å². The molecule has 1 spiro atoms. The first kappa shape index (κ1) is 17.5. The second-order valence-corrected chi connectivity index (χ2v) is 7.02. The van der Waals surface area contributed by atoms with Crippen LogP contribution in [0.5, 0.6) is 0 Å². The van der Waals surface area contributed by atoms with Crippen molar-refractivity contribution in [2.75, 3.05) is 25.5 Å². The van der Waals surface area contributed by atoms with Crippen LogP contribution in [0.1, 0.15) is 19.3 Å². The maximum absolute atomic E-state index is 12.4. The number of carboxylic acids is 1. The first-order chi connectivity index (χ1) is 11.8. The summed E-state index contributed by atoms with van der Waals surface area (Å²) in [6.07, 6.45) is 0.935. The van der Waals surface area contributed by atoms with Crippen molar-refractivity contribution in [2.24, 2.45) is 5.92 Å². The number of nitrogens with zero attached hydrogens (tertiary/aromatic N) is 2. The lowest BCUT2D eigenvalue weighted by molar-refractivity contribution is -0.145. The van der Waals surface area contributed by atoms with E-state index in [4.69, 9.17) is 11.6 Å². The van der Waals surface area contributed by atoms with Crippen LogP contribution in [0.3, 0.4) is 0 Å². The molecule has 2 fully saturated rings. The summed E-state index contributed by atoms with van der Waals surface area (Å²) in [5.74, 6) is -1.82. The smallest absolute Gasteiger partial charge is 0.321 e. The van der Waals surface area contributed by atoms with Crippen molar-refractivity contribution >= 4 is 35.2 Å². The monoisotopic (exact) mass is 365 g/mol. The third-order valence-electron chi connectivity index (χ3n) is 5.36. The van der Waals surface area contributed by atoms with E-state index in [0.29, 0.717) is 36.6 Å². The maximum Gasteiger partial charge on any atom is 0.321 e. The number of halogens is 1. The number of nitrogens with one attached hydrogen (secondary N) is 1. The van der Waals surface area contributed by atoms with E-state index >= 15 is 0 Å². The SMILES string of the molecule is CN1C(=O)C[C@@H](C(=O)O)C12CCN(C(=O)Nc1cccc(Cl)c1)CC2. The van der Waals surface area contributed by atoms with Crippen LogP contribution in [0.15, 0.2) is 24.3 Å². The summed E-state index contributed by atoms with van der Waals surface area (Å²) >= 11 is 5.91. The van der Waals surface area contributed by atoms with Gasteiger partial charge in [-0.25, -0.2) is 4.79 Å². The number of carboxylic acid groups (broad SMARTS) is 1. The highest BCUT2D eigenvalue weighted by Gasteiger charge is 2.55. The van der Waals surface area contributed by atoms with Crippen molar-refractivity contribution in [3.8, 4) is 0 Å². The van der Waals surface area contributed by atoms with Crippen LogP contribution in [0.4, 0.5) is 10.5 Å². The van der Waals surface area contributed by atoms with E-state index in [1.165, 1.54) is 0 Å². The number of benzene rings is 1. The van der Waals surface area contributed by atoms with Gasteiger partial charge in [0.25, 0.3) is 0 Å². The zero-order chi connectivity index (χ0) is 18.2. The van der Waals surface area contributed by atoms with Crippen LogP contribution in [0, 0.1) is 5.92 Å². The molecule has 1 aromatic rings. The van der Waals surface area contributed by atoms with Crippen LogP contribution in [-0.4, -0.2) is 58.5 Å². The number of urea groups is 1. The van der Waals surface area contributed by atoms with Gasteiger partial charge in [-0.05, 0) is 31.0 Å². The Kier molecular flexibility index (Phi) is 4.60. The molecule has 2 aliphatic heterocycles. The molecule has 0 aliphatic carbocycles. The second kappa shape index (κ2) is 6.55. The highest BCUT2D eigenvalue weighted by Crippen LogP contribution is 2.42. The molecular formula is C17H20ClN3O4. The van der Waals surface area contributed by atoms with Gasteiger partial charge in [-0.15, -0.1) is 0 Å². The fourth-order valence-electron chi connectivity index (χ4n) is 3.85. The van der Waals surface area contributed by atoms with Crippen molar-refractivity contribution in [1.29, 1.82) is 0 Å². The van der Waals surface area contributed by atoms with E-state index in [-0.39, 0.29) is 18.4 Å². The zero-order valence-corrected chi connectivity index (χ0v) is 14.6. The highest BCUT2D eigenvalue weighted by atomic mass is 35.5. The molecule has 2 N–H and O–H groups in total. The Morgan fingerprint density at radius 2 is 2.00 bits per heavy atom. The topological polar surface area (TPSA) is 90.0 Å². The number of carbonyl (C=O) groups excluding carboxylic acids is 2. The second-order valence-electron chi connectivity index (χ2n) is 6.58. The fraction of sp³-hybridized carbons (Fsp3) is 0.471. The van der Waals surface area contributed by atoms with Gasteiger partial charge in [-0.2, -0.15) is 0 Å². The summed E-state index contributed by atoms with van der Waals surface area (Å²) < 4.78 is 0. The molecule has 0 unspecified atom stereocenters. The van der Waals surface area contributed by atoms with Crippen molar-refractivity contribution in [3.05, 3.63) is 29.3 Å². The van der Waals surface area contributed by atoms with Crippen LogP contribution < -0.4 is 5.32 Å². The standard InChI is InChI=1S/C17H20ClN3O4/c1-20-14(22)10-13(15(23)24)17(20)5-7-21(8-6-17)16(25)19-12-4-2-3-11(18)9-12/h2-4,9,13H,5-8,10H2,1H3,(H,19,25)(H,23,24)/t13-/m0/s1. The Morgan fingerprint density at radius 3 is 2.60 bits per heavy atom. The number of hydrogen-bond donors (Lipinski definition) is 2. The van der Waals surface area contributed by atoms with Gasteiger partial charge in [0.1, 0.15) is 0 Å². The van der Waals surface area contributed by atoms with Gasteiger partial charge in [-0.3, -0.25) is 9.59 Å². The van der Waals surface area contributed by atoms with Crippen molar-refractivity contribution in [2.45, 2.75) is 24.8 Å². The number of rotatable bonds is 2. The van der Waals surface area contributed by atoms with Crippen LogP contribution >= 0.6 is 11.6 Å². The lowest BCUT2D eigenvalue weighted by Crippen LogP contribution is -2.57. The average Bonchev–Trinajstić information content (AvgIpc) is 2.81. The van der Waals surface area contributed by atoms with E-state index in [2.05, 4.69) is 5.32 Å². The summed E-state index contributed by atoms with van der Waals surface area (Å²) in [6, 6.07) is 6.63. The number of amides is 3. The molecule has 0 bridgehead atoms. The van der Waals surface area contributed by atoms with E-state index in [0.717, 1.165) is 0 Å². The molecule has 2 saturated heterocycles. The van der Waals surface area contributed by atoms with Crippen molar-refractivity contribution < 1.29 is 19.5 Å². The predicted octanol–water partition coefficient (Wildman–Crippen LogP) is 2.27. The number of aliphatic carboxylic acids is 1. The summed E-state index contributed by atoms with van der Waals surface area (Å²) in [7, 11) is 1.66. The molecule has 0 aromatic heterocycles. The van der Waals surface area contributed by atoms with Gasteiger partial charge in [0.05, 0.1) is 11.5 Å². The molecule has 1 atom stereocenters. The van der Waals surface area contributed by atoms with E-state index in [1.54, 1.807) is 41.1 Å². The van der Waals surface area contributed by atoms with E-state index in [9.17, 15) is 19.5 Å². The van der Waals surface area contributed by atoms with Gasteiger partial charge < -0.3 is 20.2 Å². The zero-order valence-electron chi connectivity index (χ0n) is 13.9. The molecule has 0 saturated carbocycles. The minimum Gasteiger partial charge on any atom is -0.481 e. The fourth-order valence-corrected chi connectivity index (χ4v) is 4.04. The quantitative estimate of drug-likeness (QED) is 0.841. The summed E-state index contributed by atoms with van der Waals surface area (Å²) in [5.41, 5.74) is -0.0928. The predicted molar refractivity (Wildman–Crippen MR) is 92.5 cm³/mol. The molecule has 3 amide bonds. The molecule has 134 valence electrons. The van der Waals surface area contributed by atoms with Gasteiger partial charge in [0.2, 0.25) is 5.91 Å². The van der Waals surface area contributed by atoms with Gasteiger partial charge in [-0.1, -0.05) is 17.7 Å². The molecule has 7 nitrogen and oxygen atoms in total. The van der Waals surface area contributed by atoms with E-state index in [1.807, 2.05) is 0 Å². The number of carbonyl (C=O) groups is 3. The van der Waals surface area contributed by atoms with Gasteiger partial charge in [0.15, 0.2) is 0 Å². The number of likely N-dealkylation sites (tertiary alicyclic amines) is 2. The molecule has 0 radical (unpaired) electrons. The minimum atomic E-state index is -0.950. The van der Waals surface area contributed by atoms with Crippen molar-refractivity contribution in [1.82, 2.24) is 9.80 Å². The Hall–Kier alpha value is -2.28. The summed E-state index contributed by atoms with van der Waals surface area (Å²) in [5, 5.41) is 12.8. The normalized spacial score (nSPS) is 22.3. The molecule has 2 aliphatic rings. The third kappa shape index (κ3) is 3.16. The average molecular weight is 366 g/mol. The van der Waals surface area contributed by atoms with Crippen molar-refractivity contribution in [3.63, 3.8) is 0 Å². The summed E-state index contributed by atoms with van der Waals surface area (Å²) in [4.78, 5) is 39.2. The Labute approximate surface area is 150 Å². The summed E-state index contributed by atoms with van der Waals surface area (Å²) in [6.45, 7) is 0.793. The molecule has 2 heterocycles. The van der Waals surface area contributed by atoms with Crippen LogP contribution in [0.2, 0.25) is 5.02 Å². The largest absolute Gasteiger partial charge is 0.481 e. The Morgan fingerprint density at radius 1 is 1.32 bits per heavy atom. The lowest BCUT2D eigenvalue weighted by Gasteiger charge is -2.45. The Balaban J connectivity index is 1.67. The maximum atomic E-state index is 12.4. The number of hydrogen-bond acceptors (Lipinski definition) is 3.